The molecule has 2 aliphatic rings. The zero-order chi connectivity index (χ0) is 15.5. The van der Waals surface area contributed by atoms with Gasteiger partial charge in [-0.1, -0.05) is 36.1 Å². The van der Waals surface area contributed by atoms with Gasteiger partial charge < -0.3 is 4.90 Å². The number of thiocarbonyl (C=S) groups is 1. The van der Waals surface area contributed by atoms with E-state index in [2.05, 4.69) is 29.2 Å². The molecule has 1 aromatic carbocycles. The number of hydrogen-bond acceptors (Lipinski definition) is 4. The molecule has 0 radical (unpaired) electrons. The normalized spacial score (nSPS) is 21.0. The Labute approximate surface area is 141 Å². The van der Waals surface area contributed by atoms with Gasteiger partial charge >= 0.3 is 0 Å². The second-order valence-corrected chi connectivity index (χ2v) is 7.24. The molecule has 2 aliphatic heterocycles. The number of hydrogen-bond donors (Lipinski definition) is 0. The second kappa shape index (κ2) is 6.84. The van der Waals surface area contributed by atoms with Crippen molar-refractivity contribution in [3.8, 4) is 0 Å². The van der Waals surface area contributed by atoms with Crippen LogP contribution in [0, 0.1) is 0 Å². The lowest BCUT2D eigenvalue weighted by Crippen LogP contribution is -2.29. The molecule has 0 aromatic heterocycles. The van der Waals surface area contributed by atoms with Crippen LogP contribution >= 0.6 is 24.0 Å². The van der Waals surface area contributed by atoms with Gasteiger partial charge in [-0.3, -0.25) is 9.69 Å². The van der Waals surface area contributed by atoms with Crippen LogP contribution in [0.4, 0.5) is 5.69 Å². The third-order valence-electron chi connectivity index (χ3n) is 4.10. The zero-order valence-electron chi connectivity index (χ0n) is 12.7. The second-order valence-electron chi connectivity index (χ2n) is 5.57. The van der Waals surface area contributed by atoms with Crippen molar-refractivity contribution in [1.82, 2.24) is 4.90 Å². The number of anilines is 1. The molecule has 1 aromatic rings. The molecule has 5 heteroatoms. The van der Waals surface area contributed by atoms with Gasteiger partial charge in [0, 0.05) is 25.3 Å². The average Bonchev–Trinajstić information content (AvgIpc) is 2.82. The van der Waals surface area contributed by atoms with Gasteiger partial charge in [-0.05, 0) is 50.0 Å². The van der Waals surface area contributed by atoms with Crippen LogP contribution in [-0.2, 0) is 4.79 Å². The van der Waals surface area contributed by atoms with E-state index < -0.39 is 0 Å². The molecule has 1 amide bonds. The topological polar surface area (TPSA) is 23.6 Å². The van der Waals surface area contributed by atoms with Crippen LogP contribution < -0.4 is 4.90 Å². The summed E-state index contributed by atoms with van der Waals surface area (Å²) in [5.74, 6) is 0.0256. The Morgan fingerprint density at radius 2 is 1.86 bits per heavy atom. The van der Waals surface area contributed by atoms with E-state index in [9.17, 15) is 4.79 Å². The molecule has 22 heavy (non-hydrogen) atoms. The first kappa shape index (κ1) is 15.6. The van der Waals surface area contributed by atoms with E-state index in [0.29, 0.717) is 10.9 Å². The van der Waals surface area contributed by atoms with Crippen molar-refractivity contribution in [3.63, 3.8) is 0 Å². The predicted molar refractivity (Wildman–Crippen MR) is 98.1 cm³/mol. The maximum absolute atomic E-state index is 12.2. The Bertz CT molecular complexity index is 604. The van der Waals surface area contributed by atoms with E-state index in [0.717, 1.165) is 23.6 Å². The van der Waals surface area contributed by atoms with Crippen molar-refractivity contribution < 1.29 is 4.79 Å². The van der Waals surface area contributed by atoms with Crippen molar-refractivity contribution in [2.75, 3.05) is 24.5 Å². The largest absolute Gasteiger partial charge is 0.372 e. The number of piperidine rings is 1. The average molecular weight is 332 g/mol. The van der Waals surface area contributed by atoms with Crippen LogP contribution in [0.5, 0.6) is 0 Å². The van der Waals surface area contributed by atoms with Crippen LogP contribution in [0.1, 0.15) is 31.7 Å². The number of thioether (sulfide) groups is 1. The summed E-state index contributed by atoms with van der Waals surface area (Å²) >= 11 is 6.63. The quantitative estimate of drug-likeness (QED) is 0.619. The maximum Gasteiger partial charge on any atom is 0.266 e. The van der Waals surface area contributed by atoms with Crippen LogP contribution in [0.3, 0.4) is 0 Å². The van der Waals surface area contributed by atoms with E-state index in [4.69, 9.17) is 12.2 Å². The van der Waals surface area contributed by atoms with Crippen LogP contribution in [0.25, 0.3) is 6.08 Å². The molecule has 2 saturated heterocycles. The predicted octanol–water partition coefficient (Wildman–Crippen LogP) is 3.90. The number of rotatable bonds is 3. The Hall–Kier alpha value is -1.33. The van der Waals surface area contributed by atoms with Gasteiger partial charge in [0.25, 0.3) is 5.91 Å². The van der Waals surface area contributed by atoms with Crippen molar-refractivity contribution in [2.24, 2.45) is 0 Å². The highest BCUT2D eigenvalue weighted by Crippen LogP contribution is 2.32. The smallest absolute Gasteiger partial charge is 0.266 e. The Morgan fingerprint density at radius 1 is 1.18 bits per heavy atom. The monoisotopic (exact) mass is 332 g/mol. The van der Waals surface area contributed by atoms with Crippen molar-refractivity contribution in [2.45, 2.75) is 26.2 Å². The molecule has 3 nitrogen and oxygen atoms in total. The molecule has 116 valence electrons. The molecular formula is C17H20N2OS2. The molecule has 0 N–H and O–H groups in total. The fourth-order valence-electron chi connectivity index (χ4n) is 2.86. The molecule has 0 saturated carbocycles. The van der Waals surface area contributed by atoms with Crippen LogP contribution in [0.2, 0.25) is 0 Å². The van der Waals surface area contributed by atoms with E-state index in [1.54, 1.807) is 4.90 Å². The van der Waals surface area contributed by atoms with Gasteiger partial charge in [0.2, 0.25) is 0 Å². The number of carbonyl (C=O) groups excluding carboxylic acids is 1. The summed E-state index contributed by atoms with van der Waals surface area (Å²) in [6, 6.07) is 8.47. The first-order chi connectivity index (χ1) is 10.7. The Morgan fingerprint density at radius 3 is 2.45 bits per heavy atom. The molecule has 0 spiro atoms. The number of carbonyl (C=O) groups is 1. The van der Waals surface area contributed by atoms with Crippen LogP contribution in [-0.4, -0.2) is 34.8 Å². The summed E-state index contributed by atoms with van der Waals surface area (Å²) in [6.45, 7) is 4.88. The van der Waals surface area contributed by atoms with E-state index in [1.165, 1.54) is 36.7 Å². The van der Waals surface area contributed by atoms with Crippen molar-refractivity contribution in [3.05, 3.63) is 34.7 Å². The minimum Gasteiger partial charge on any atom is -0.372 e. The first-order valence-corrected chi connectivity index (χ1v) is 9.02. The summed E-state index contributed by atoms with van der Waals surface area (Å²) in [4.78, 5) is 17.0. The zero-order valence-corrected chi connectivity index (χ0v) is 14.4. The number of likely N-dealkylation sites (N-methyl/N-ethyl adjacent to an activating group) is 1. The highest BCUT2D eigenvalue weighted by Gasteiger charge is 2.30. The van der Waals surface area contributed by atoms with Gasteiger partial charge in [0.05, 0.1) is 4.91 Å². The SMILES string of the molecule is CCN1C(=O)/C(=C\c2ccc(N3CCCCC3)cc2)SC1=S. The molecule has 2 heterocycles. The summed E-state index contributed by atoms with van der Waals surface area (Å²) in [5, 5.41) is 0. The minimum atomic E-state index is 0.0256. The van der Waals surface area contributed by atoms with E-state index in [-0.39, 0.29) is 5.91 Å². The number of amides is 1. The van der Waals surface area contributed by atoms with E-state index >= 15 is 0 Å². The lowest BCUT2D eigenvalue weighted by Gasteiger charge is -2.28. The highest BCUT2D eigenvalue weighted by molar-refractivity contribution is 8.26. The van der Waals surface area contributed by atoms with Gasteiger partial charge in [-0.2, -0.15) is 0 Å². The van der Waals surface area contributed by atoms with Crippen molar-refractivity contribution >= 4 is 46.0 Å². The van der Waals surface area contributed by atoms with Gasteiger partial charge in [0.1, 0.15) is 4.32 Å². The Kier molecular flexibility index (Phi) is 4.84. The molecule has 0 bridgehead atoms. The Balaban J connectivity index is 1.74. The highest BCUT2D eigenvalue weighted by atomic mass is 32.2. The van der Waals surface area contributed by atoms with Gasteiger partial charge in [0.15, 0.2) is 0 Å². The minimum absolute atomic E-state index is 0.0256. The molecule has 3 rings (SSSR count). The lowest BCUT2D eigenvalue weighted by molar-refractivity contribution is -0.121. The lowest BCUT2D eigenvalue weighted by atomic mass is 10.1. The molecule has 0 atom stereocenters. The van der Waals surface area contributed by atoms with Crippen LogP contribution in [0.15, 0.2) is 29.2 Å². The standard InChI is InChI=1S/C17H20N2OS2/c1-2-19-16(20)15(22-17(19)21)12-13-6-8-14(9-7-13)18-10-4-3-5-11-18/h6-9,12H,2-5,10-11H2,1H3/b15-12+. The summed E-state index contributed by atoms with van der Waals surface area (Å²) < 4.78 is 0.656. The van der Waals surface area contributed by atoms with Gasteiger partial charge in [-0.15, -0.1) is 0 Å². The first-order valence-electron chi connectivity index (χ1n) is 7.79. The fourth-order valence-corrected chi connectivity index (χ4v) is 4.24. The molecule has 0 aliphatic carbocycles. The molecule has 2 fully saturated rings. The third kappa shape index (κ3) is 3.20. The van der Waals surface area contributed by atoms with E-state index in [1.807, 2.05) is 13.0 Å². The number of nitrogens with zero attached hydrogens (tertiary/aromatic N) is 2. The summed E-state index contributed by atoms with van der Waals surface area (Å²) in [5.41, 5.74) is 2.33. The number of benzene rings is 1. The summed E-state index contributed by atoms with van der Waals surface area (Å²) in [7, 11) is 0. The van der Waals surface area contributed by atoms with Gasteiger partial charge in [-0.25, -0.2) is 0 Å². The third-order valence-corrected chi connectivity index (χ3v) is 5.48. The summed E-state index contributed by atoms with van der Waals surface area (Å²) in [6.07, 6.45) is 5.84. The molecular weight excluding hydrogens is 312 g/mol. The fraction of sp³-hybridized carbons (Fsp3) is 0.412. The van der Waals surface area contributed by atoms with Crippen molar-refractivity contribution in [1.29, 1.82) is 0 Å². The molecule has 0 unspecified atom stereocenters. The maximum atomic E-state index is 12.2.